The number of nitrogens with one attached hydrogen (secondary N) is 1. The summed E-state index contributed by atoms with van der Waals surface area (Å²) in [5, 5.41) is 13.0. The van der Waals surface area contributed by atoms with Crippen LogP contribution in [0.5, 0.6) is 0 Å². The summed E-state index contributed by atoms with van der Waals surface area (Å²) in [6.07, 6.45) is 0.219. The van der Waals surface area contributed by atoms with E-state index >= 15 is 0 Å². The van der Waals surface area contributed by atoms with Crippen LogP contribution in [0.4, 0.5) is 10.1 Å². The number of carbonyl (C=O) groups excluding carboxylic acids is 1. The molecule has 0 spiro atoms. The Balaban J connectivity index is 1.79. The molecule has 2 aromatic rings. The van der Waals surface area contributed by atoms with E-state index in [1.165, 1.54) is 23.9 Å². The van der Waals surface area contributed by atoms with Gasteiger partial charge in [-0.1, -0.05) is 12.1 Å². The summed E-state index contributed by atoms with van der Waals surface area (Å²) in [5.74, 6) is -1.20. The molecule has 1 amide bonds. The SMILES string of the molecule is O=C(CCSc1csc(C(=O)O)c1)Nc1ccccc1F. The number of aromatic carboxylic acids is 1. The van der Waals surface area contributed by atoms with E-state index in [0.29, 0.717) is 5.75 Å². The molecule has 7 heteroatoms. The first-order valence-corrected chi connectivity index (χ1v) is 7.92. The predicted molar refractivity (Wildman–Crippen MR) is 81.6 cm³/mol. The van der Waals surface area contributed by atoms with Crippen molar-refractivity contribution in [1.82, 2.24) is 0 Å². The van der Waals surface area contributed by atoms with E-state index in [1.807, 2.05) is 0 Å². The number of carbonyl (C=O) groups is 2. The van der Waals surface area contributed by atoms with Gasteiger partial charge in [-0.3, -0.25) is 4.79 Å². The number of thiophene rings is 1. The number of hydrogen-bond donors (Lipinski definition) is 2. The average molecular weight is 325 g/mol. The number of para-hydroxylation sites is 1. The Morgan fingerprint density at radius 3 is 2.76 bits per heavy atom. The van der Waals surface area contributed by atoms with Crippen molar-refractivity contribution in [2.24, 2.45) is 0 Å². The molecule has 110 valence electrons. The van der Waals surface area contributed by atoms with Gasteiger partial charge < -0.3 is 10.4 Å². The van der Waals surface area contributed by atoms with Crippen molar-refractivity contribution in [1.29, 1.82) is 0 Å². The van der Waals surface area contributed by atoms with Gasteiger partial charge in [-0.2, -0.15) is 0 Å². The first-order chi connectivity index (χ1) is 10.1. The van der Waals surface area contributed by atoms with Gasteiger partial charge in [-0.15, -0.1) is 23.1 Å². The molecule has 0 aliphatic rings. The Morgan fingerprint density at radius 1 is 1.33 bits per heavy atom. The lowest BCUT2D eigenvalue weighted by atomic mass is 10.3. The van der Waals surface area contributed by atoms with Crippen molar-refractivity contribution in [3.8, 4) is 0 Å². The minimum absolute atomic E-state index is 0.163. The molecule has 0 aliphatic carbocycles. The number of benzene rings is 1. The zero-order chi connectivity index (χ0) is 15.2. The van der Waals surface area contributed by atoms with Crippen molar-refractivity contribution in [2.75, 3.05) is 11.1 Å². The van der Waals surface area contributed by atoms with Crippen LogP contribution in [0.15, 0.2) is 40.6 Å². The summed E-state index contributed by atoms with van der Waals surface area (Å²) in [5.41, 5.74) is 0.163. The second kappa shape index (κ2) is 7.24. The number of carboxylic acid groups (broad SMARTS) is 1. The highest BCUT2D eigenvalue weighted by Gasteiger charge is 2.09. The fourth-order valence-electron chi connectivity index (χ4n) is 1.54. The molecule has 2 N–H and O–H groups in total. The van der Waals surface area contributed by atoms with E-state index in [-0.39, 0.29) is 22.9 Å². The Kier molecular flexibility index (Phi) is 5.35. The molecule has 1 aromatic carbocycles. The molecule has 0 bridgehead atoms. The summed E-state index contributed by atoms with van der Waals surface area (Å²) in [6, 6.07) is 7.55. The molecule has 0 radical (unpaired) electrons. The van der Waals surface area contributed by atoms with Crippen molar-refractivity contribution in [2.45, 2.75) is 11.3 Å². The van der Waals surface area contributed by atoms with E-state index < -0.39 is 11.8 Å². The number of hydrogen-bond acceptors (Lipinski definition) is 4. The molecule has 1 aromatic heterocycles. The maximum absolute atomic E-state index is 13.3. The third kappa shape index (κ3) is 4.57. The number of rotatable bonds is 6. The molecule has 2 rings (SSSR count). The standard InChI is InChI=1S/C14H12FNO3S2/c15-10-3-1-2-4-11(10)16-13(17)5-6-20-9-7-12(14(18)19)21-8-9/h1-4,7-8H,5-6H2,(H,16,17)(H,18,19). The molecule has 0 aliphatic heterocycles. The van der Waals surface area contributed by atoms with Crippen LogP contribution < -0.4 is 5.32 Å². The van der Waals surface area contributed by atoms with Crippen LogP contribution in [0.25, 0.3) is 0 Å². The van der Waals surface area contributed by atoms with Gasteiger partial charge in [0.25, 0.3) is 0 Å². The summed E-state index contributed by atoms with van der Waals surface area (Å²) in [4.78, 5) is 23.5. The Hall–Kier alpha value is -1.86. The monoisotopic (exact) mass is 325 g/mol. The van der Waals surface area contributed by atoms with Crippen LogP contribution in [-0.4, -0.2) is 22.7 Å². The molecule has 0 fully saturated rings. The minimum atomic E-state index is -0.954. The zero-order valence-corrected chi connectivity index (χ0v) is 12.5. The molecule has 0 atom stereocenters. The summed E-state index contributed by atoms with van der Waals surface area (Å²) in [6.45, 7) is 0. The average Bonchev–Trinajstić information content (AvgIpc) is 2.90. The van der Waals surface area contributed by atoms with Crippen LogP contribution in [0.1, 0.15) is 16.1 Å². The van der Waals surface area contributed by atoms with E-state index in [0.717, 1.165) is 16.2 Å². The van der Waals surface area contributed by atoms with Crippen LogP contribution in [0.2, 0.25) is 0 Å². The quantitative estimate of drug-likeness (QED) is 0.795. The lowest BCUT2D eigenvalue weighted by molar-refractivity contribution is -0.115. The largest absolute Gasteiger partial charge is 0.477 e. The van der Waals surface area contributed by atoms with E-state index in [4.69, 9.17) is 5.11 Å². The van der Waals surface area contributed by atoms with E-state index in [2.05, 4.69) is 5.32 Å². The number of thioether (sulfide) groups is 1. The third-order valence-electron chi connectivity index (χ3n) is 2.53. The van der Waals surface area contributed by atoms with Gasteiger partial charge in [0, 0.05) is 22.4 Å². The van der Waals surface area contributed by atoms with E-state index in [9.17, 15) is 14.0 Å². The van der Waals surface area contributed by atoms with Crippen LogP contribution in [0, 0.1) is 5.82 Å². The topological polar surface area (TPSA) is 66.4 Å². The van der Waals surface area contributed by atoms with Gasteiger partial charge in [0.05, 0.1) is 5.69 Å². The molecule has 21 heavy (non-hydrogen) atoms. The minimum Gasteiger partial charge on any atom is -0.477 e. The molecule has 1 heterocycles. The summed E-state index contributed by atoms with van der Waals surface area (Å²) >= 11 is 2.54. The second-order valence-corrected chi connectivity index (χ2v) is 6.16. The molecule has 0 saturated carbocycles. The summed E-state index contributed by atoms with van der Waals surface area (Å²) in [7, 11) is 0. The highest BCUT2D eigenvalue weighted by molar-refractivity contribution is 7.99. The molecule has 4 nitrogen and oxygen atoms in total. The molecular weight excluding hydrogens is 313 g/mol. The Bertz CT molecular complexity index is 657. The van der Waals surface area contributed by atoms with Crippen molar-refractivity contribution in [3.05, 3.63) is 46.4 Å². The third-order valence-corrected chi connectivity index (χ3v) is 4.58. The Labute approximate surface area is 129 Å². The predicted octanol–water partition coefficient (Wildman–Crippen LogP) is 3.71. The molecule has 0 saturated heterocycles. The normalized spacial score (nSPS) is 10.3. The van der Waals surface area contributed by atoms with Gasteiger partial charge in [0.1, 0.15) is 10.7 Å². The number of halogens is 1. The summed E-state index contributed by atoms with van der Waals surface area (Å²) < 4.78 is 13.3. The van der Waals surface area contributed by atoms with Gasteiger partial charge in [-0.25, -0.2) is 9.18 Å². The highest BCUT2D eigenvalue weighted by atomic mass is 32.2. The van der Waals surface area contributed by atoms with Crippen molar-refractivity contribution in [3.63, 3.8) is 0 Å². The molecule has 0 unspecified atom stereocenters. The van der Waals surface area contributed by atoms with Gasteiger partial charge in [0.15, 0.2) is 0 Å². The van der Waals surface area contributed by atoms with Gasteiger partial charge in [-0.05, 0) is 18.2 Å². The maximum Gasteiger partial charge on any atom is 0.345 e. The van der Waals surface area contributed by atoms with Gasteiger partial charge >= 0.3 is 5.97 Å². The van der Waals surface area contributed by atoms with Crippen LogP contribution >= 0.6 is 23.1 Å². The van der Waals surface area contributed by atoms with Gasteiger partial charge in [0.2, 0.25) is 5.91 Å². The smallest absolute Gasteiger partial charge is 0.345 e. The highest BCUT2D eigenvalue weighted by Crippen LogP contribution is 2.25. The van der Waals surface area contributed by atoms with Crippen molar-refractivity contribution >= 4 is 40.7 Å². The van der Waals surface area contributed by atoms with Crippen molar-refractivity contribution < 1.29 is 19.1 Å². The maximum atomic E-state index is 13.3. The fraction of sp³-hybridized carbons (Fsp3) is 0.143. The zero-order valence-electron chi connectivity index (χ0n) is 10.8. The first kappa shape index (κ1) is 15.5. The fourth-order valence-corrected chi connectivity index (χ4v) is 3.37. The number of amides is 1. The first-order valence-electron chi connectivity index (χ1n) is 6.05. The molecular formula is C14H12FNO3S2. The van der Waals surface area contributed by atoms with Crippen LogP contribution in [0.3, 0.4) is 0 Å². The second-order valence-electron chi connectivity index (χ2n) is 4.08. The lowest BCUT2D eigenvalue weighted by Gasteiger charge is -2.05. The van der Waals surface area contributed by atoms with Crippen LogP contribution in [-0.2, 0) is 4.79 Å². The number of anilines is 1. The van der Waals surface area contributed by atoms with E-state index in [1.54, 1.807) is 23.6 Å². The number of carboxylic acids is 1. The lowest BCUT2D eigenvalue weighted by Crippen LogP contribution is -2.13. The Morgan fingerprint density at radius 2 is 2.10 bits per heavy atom.